The van der Waals surface area contributed by atoms with Crippen LogP contribution < -0.4 is 38.7 Å². The van der Waals surface area contributed by atoms with Gasteiger partial charge in [-0.1, -0.05) is 151 Å². The number of quaternary nitrogens is 2. The Morgan fingerprint density at radius 1 is 0.545 bits per heavy atom. The number of piperidine rings is 6. The van der Waals surface area contributed by atoms with E-state index in [0.29, 0.717) is 13.2 Å². The summed E-state index contributed by atoms with van der Waals surface area (Å²) in [4.78, 5) is 0. The number of halogens is 2. The lowest BCUT2D eigenvalue weighted by Crippen LogP contribution is -3.00. The predicted octanol–water partition coefficient (Wildman–Crippen LogP) is 2.63. The molecule has 0 aromatic heterocycles. The van der Waals surface area contributed by atoms with E-state index >= 15 is 0 Å². The molecule has 66 heavy (non-hydrogen) atoms. The van der Waals surface area contributed by atoms with Crippen LogP contribution in [0.25, 0.3) is 0 Å². The van der Waals surface area contributed by atoms with Crippen LogP contribution in [0.5, 0.6) is 0 Å². The first kappa shape index (κ1) is 52.1. The fraction of sp³-hybridized carbons (Fsp3) is 0.455. The Balaban J connectivity index is 0.000000213. The average molecular weight is 1050 g/mol. The van der Waals surface area contributed by atoms with Crippen LogP contribution in [0.2, 0.25) is 0 Å². The zero-order valence-electron chi connectivity index (χ0n) is 39.2. The van der Waals surface area contributed by atoms with Crippen molar-refractivity contribution in [3.63, 3.8) is 0 Å². The first-order chi connectivity index (χ1) is 30.7. The summed E-state index contributed by atoms with van der Waals surface area (Å²) in [6, 6.07) is 47.9. The summed E-state index contributed by atoms with van der Waals surface area (Å²) >= 11 is 0. The number of nitrogens with zero attached hydrogens (tertiary/aromatic N) is 2. The normalized spacial score (nSPS) is 24.6. The van der Waals surface area contributed by atoms with Crippen molar-refractivity contribution in [1.29, 1.82) is 0 Å². The van der Waals surface area contributed by atoms with Crippen LogP contribution in [0.4, 0.5) is 0 Å². The van der Waals surface area contributed by atoms with Crippen LogP contribution in [-0.4, -0.2) is 99.4 Å². The smallest absolute Gasteiger partial charge is 0.208 e. The highest BCUT2D eigenvalue weighted by Crippen LogP contribution is 2.59. The molecule has 4 bridgehead atoms. The molecule has 6 aliphatic rings. The maximum Gasteiger partial charge on any atom is 0.208 e. The number of hydrogen-bond acceptors (Lipinski definition) is 5. The number of aliphatic hydroxyl groups is 2. The Morgan fingerprint density at radius 3 is 1.27 bits per heavy atom. The second-order valence-electron chi connectivity index (χ2n) is 20.0. The molecule has 6 fully saturated rings. The fourth-order valence-electron chi connectivity index (χ4n) is 12.1. The van der Waals surface area contributed by atoms with E-state index < -0.39 is 21.2 Å². The Labute approximate surface area is 416 Å². The van der Waals surface area contributed by atoms with E-state index in [1.54, 1.807) is 0 Å². The molecule has 0 atom stereocenters. The molecule has 6 heterocycles. The van der Waals surface area contributed by atoms with Crippen LogP contribution in [0.3, 0.4) is 0 Å². The van der Waals surface area contributed by atoms with E-state index in [9.17, 15) is 18.6 Å². The standard InChI is InChI=1S/C31H38NO2.C24H33N2O3S.2BrH/c1-25-8-12-28(13-9-25)31(33,29-14-10-26(2)11-15-29)30-16-19-32(20-17-30,21-18-30)22-23-34-24-27-6-4-3-5-7-27;1-30(28,29)25-16-8-17-26-18-13-23(14-19-26,15-20-26)24(27,21-9-4-2-5-10-21)22-11-6-3-7-12-22;;/h3-15,33H,16-24H2,1-2H3;2-7,9-12,25,27H,8,13-20H2,1H3;2*1H/q2*+1;;/p-2. The van der Waals surface area contributed by atoms with E-state index in [0.717, 1.165) is 135 Å². The van der Waals surface area contributed by atoms with Crippen LogP contribution in [0, 0.1) is 24.7 Å². The van der Waals surface area contributed by atoms with Crippen molar-refractivity contribution in [1.82, 2.24) is 4.72 Å². The predicted molar refractivity (Wildman–Crippen MR) is 257 cm³/mol. The highest BCUT2D eigenvalue weighted by molar-refractivity contribution is 7.88. The number of aryl methyl sites for hydroxylation is 2. The van der Waals surface area contributed by atoms with Gasteiger partial charge in [0.05, 0.1) is 65.3 Å². The quantitative estimate of drug-likeness (QED) is 0.105. The van der Waals surface area contributed by atoms with Gasteiger partial charge in [0.1, 0.15) is 17.7 Å². The second kappa shape index (κ2) is 21.6. The monoisotopic (exact) mass is 1040 g/mol. The Kier molecular flexibility index (Phi) is 17.1. The number of hydrogen-bond donors (Lipinski definition) is 3. The molecule has 0 unspecified atom stereocenters. The van der Waals surface area contributed by atoms with Crippen molar-refractivity contribution < 1.29 is 66.3 Å². The lowest BCUT2D eigenvalue weighted by Gasteiger charge is -2.60. The topological polar surface area (TPSA) is 95.9 Å². The van der Waals surface area contributed by atoms with Crippen molar-refractivity contribution in [2.24, 2.45) is 10.8 Å². The molecular weight excluding hydrogens is 974 g/mol. The number of rotatable bonds is 16. The van der Waals surface area contributed by atoms with Gasteiger partial charge in [-0.2, -0.15) is 0 Å². The molecule has 5 aromatic carbocycles. The highest BCUT2D eigenvalue weighted by Gasteiger charge is 2.61. The summed E-state index contributed by atoms with van der Waals surface area (Å²) in [6.45, 7) is 14.8. The second-order valence-corrected chi connectivity index (χ2v) is 21.8. The minimum atomic E-state index is -3.12. The van der Waals surface area contributed by atoms with Crippen LogP contribution >= 0.6 is 0 Å². The van der Waals surface area contributed by atoms with Crippen molar-refractivity contribution in [2.45, 2.75) is 76.6 Å². The number of ether oxygens (including phenoxy) is 1. The Morgan fingerprint density at radius 2 is 0.894 bits per heavy atom. The summed E-state index contributed by atoms with van der Waals surface area (Å²) in [5.41, 5.74) is 5.48. The SMILES string of the molecule is CS(=O)(=O)NCCC[N+]12CCC(C(O)(c3ccccc3)c3ccccc3)(CC1)CC2.Cc1ccc(C(O)(c2ccc(C)cc2)C23CC[N+](CCOCc4ccccc4)(CC2)CC3)cc1.[Br-].[Br-]. The number of sulfonamides is 1. The maximum atomic E-state index is 12.6. The molecule has 0 aliphatic carbocycles. The van der Waals surface area contributed by atoms with Gasteiger partial charge in [0.25, 0.3) is 0 Å². The zero-order valence-corrected chi connectivity index (χ0v) is 43.2. The van der Waals surface area contributed by atoms with Gasteiger partial charge in [-0.15, -0.1) is 0 Å². The molecule has 8 nitrogen and oxygen atoms in total. The van der Waals surface area contributed by atoms with E-state index in [2.05, 4.69) is 116 Å². The first-order valence-corrected chi connectivity index (χ1v) is 25.6. The summed E-state index contributed by atoms with van der Waals surface area (Å²) < 4.78 is 33.5. The molecule has 5 aromatic rings. The summed E-state index contributed by atoms with van der Waals surface area (Å²) in [5, 5.41) is 25.0. The van der Waals surface area contributed by atoms with E-state index in [1.165, 1.54) is 22.9 Å². The van der Waals surface area contributed by atoms with Crippen molar-refractivity contribution in [2.75, 3.05) is 71.8 Å². The van der Waals surface area contributed by atoms with Gasteiger partial charge in [0, 0.05) is 62.3 Å². The molecule has 11 heteroatoms. The maximum absolute atomic E-state index is 12.6. The third-order valence-corrected chi connectivity index (χ3v) is 17.0. The van der Waals surface area contributed by atoms with Crippen LogP contribution in [0.15, 0.2) is 140 Å². The van der Waals surface area contributed by atoms with Crippen LogP contribution in [-0.2, 0) is 32.6 Å². The minimum absolute atomic E-state index is 0. The third-order valence-electron chi connectivity index (χ3n) is 16.2. The molecule has 6 saturated heterocycles. The largest absolute Gasteiger partial charge is 1.00 e. The lowest BCUT2D eigenvalue weighted by molar-refractivity contribution is -0.946. The number of benzene rings is 5. The molecular formula is C55H71Br2N3O5S. The van der Waals surface area contributed by atoms with Gasteiger partial charge in [-0.05, 0) is 41.7 Å². The van der Waals surface area contributed by atoms with Gasteiger partial charge in [-0.25, -0.2) is 13.1 Å². The van der Waals surface area contributed by atoms with E-state index in [-0.39, 0.29) is 44.8 Å². The van der Waals surface area contributed by atoms with Gasteiger partial charge in [0.2, 0.25) is 10.0 Å². The fourth-order valence-corrected chi connectivity index (χ4v) is 12.6. The summed E-state index contributed by atoms with van der Waals surface area (Å²) in [7, 11) is -3.12. The van der Waals surface area contributed by atoms with Gasteiger partial charge in [0.15, 0.2) is 0 Å². The highest BCUT2D eigenvalue weighted by atomic mass is 79.9. The lowest BCUT2D eigenvalue weighted by atomic mass is 9.56. The molecule has 3 N–H and O–H groups in total. The zero-order chi connectivity index (χ0) is 44.9. The van der Waals surface area contributed by atoms with Crippen molar-refractivity contribution in [3.05, 3.63) is 178 Å². The Hall–Kier alpha value is -3.23. The summed E-state index contributed by atoms with van der Waals surface area (Å²) in [6.07, 6.45) is 8.13. The first-order valence-electron chi connectivity index (χ1n) is 23.7. The third kappa shape index (κ3) is 10.8. The van der Waals surface area contributed by atoms with E-state index in [4.69, 9.17) is 4.74 Å². The molecule has 356 valence electrons. The molecule has 11 rings (SSSR count). The van der Waals surface area contributed by atoms with Gasteiger partial charge >= 0.3 is 0 Å². The molecule has 0 amide bonds. The molecule has 0 radical (unpaired) electrons. The average Bonchev–Trinajstić information content (AvgIpc) is 3.34. The molecule has 0 saturated carbocycles. The summed E-state index contributed by atoms with van der Waals surface area (Å²) in [5.74, 6) is 0. The van der Waals surface area contributed by atoms with Gasteiger partial charge < -0.3 is 57.9 Å². The van der Waals surface area contributed by atoms with Crippen molar-refractivity contribution >= 4 is 10.0 Å². The van der Waals surface area contributed by atoms with E-state index in [1.807, 2.05) is 42.5 Å². The Bertz CT molecular complexity index is 2270. The number of fused-ring (bicyclic) bond motifs is 6. The minimum Gasteiger partial charge on any atom is -1.00 e. The molecule has 0 spiro atoms. The van der Waals surface area contributed by atoms with Gasteiger partial charge in [-0.3, -0.25) is 0 Å². The van der Waals surface area contributed by atoms with Crippen LogP contribution in [0.1, 0.15) is 83.9 Å². The number of nitrogens with one attached hydrogen (secondary N) is 1. The molecule has 6 aliphatic heterocycles. The van der Waals surface area contributed by atoms with Crippen molar-refractivity contribution in [3.8, 4) is 0 Å².